The summed E-state index contributed by atoms with van der Waals surface area (Å²) in [5.74, 6) is 1.09. The third-order valence-corrected chi connectivity index (χ3v) is 4.59. The van der Waals surface area contributed by atoms with Crippen LogP contribution >= 0.6 is 7.60 Å². The molecular formula is C15H19F2O3P. The molecule has 0 saturated carbocycles. The first-order chi connectivity index (χ1) is 9.91. The van der Waals surface area contributed by atoms with Gasteiger partial charge < -0.3 is 9.05 Å². The van der Waals surface area contributed by atoms with Crippen molar-refractivity contribution in [3.63, 3.8) is 0 Å². The Morgan fingerprint density at radius 3 is 2.24 bits per heavy atom. The highest BCUT2D eigenvalue weighted by Gasteiger charge is 2.33. The zero-order valence-corrected chi connectivity index (χ0v) is 13.0. The summed E-state index contributed by atoms with van der Waals surface area (Å²) in [7, 11) is -3.46. The van der Waals surface area contributed by atoms with Gasteiger partial charge in [-0.1, -0.05) is 24.1 Å². The first-order valence-corrected chi connectivity index (χ1v) is 8.48. The second-order valence-electron chi connectivity index (χ2n) is 4.24. The van der Waals surface area contributed by atoms with Crippen LogP contribution in [0.3, 0.4) is 0 Å². The van der Waals surface area contributed by atoms with Crippen LogP contribution in [0.5, 0.6) is 0 Å². The van der Waals surface area contributed by atoms with Crippen LogP contribution in [-0.2, 0) is 13.6 Å². The van der Waals surface area contributed by atoms with Crippen LogP contribution in [-0.4, -0.2) is 25.3 Å². The van der Waals surface area contributed by atoms with E-state index < -0.39 is 19.9 Å². The van der Waals surface area contributed by atoms with E-state index in [0.717, 1.165) is 0 Å². The Morgan fingerprint density at radius 1 is 1.14 bits per heavy atom. The summed E-state index contributed by atoms with van der Waals surface area (Å²) in [5, 5.41) is 0. The minimum atomic E-state index is -3.46. The van der Waals surface area contributed by atoms with Gasteiger partial charge in [-0.3, -0.25) is 4.57 Å². The van der Waals surface area contributed by atoms with Crippen molar-refractivity contribution in [2.45, 2.75) is 26.2 Å². The lowest BCUT2D eigenvalue weighted by Gasteiger charge is -2.18. The molecule has 0 bridgehead atoms. The summed E-state index contributed by atoms with van der Waals surface area (Å²) < 4.78 is 49.5. The summed E-state index contributed by atoms with van der Waals surface area (Å²) in [4.78, 5) is 0. The number of hydrogen-bond acceptors (Lipinski definition) is 3. The van der Waals surface area contributed by atoms with Crippen LogP contribution in [0.25, 0.3) is 0 Å². The fourth-order valence-electron chi connectivity index (χ4n) is 1.58. The molecule has 6 heteroatoms. The number of benzene rings is 1. The molecular weight excluding hydrogens is 297 g/mol. The smallest absolute Gasteiger partial charge is 0.309 e. The number of rotatable bonds is 7. The Balaban J connectivity index is 2.68. The molecule has 0 N–H and O–H groups in total. The van der Waals surface area contributed by atoms with Crippen molar-refractivity contribution in [2.75, 3.05) is 19.4 Å². The second-order valence-corrected chi connectivity index (χ2v) is 6.43. The molecule has 0 radical (unpaired) electrons. The second kappa shape index (κ2) is 8.29. The van der Waals surface area contributed by atoms with Crippen molar-refractivity contribution >= 4 is 7.60 Å². The van der Waals surface area contributed by atoms with E-state index in [1.165, 1.54) is 0 Å². The maximum Gasteiger partial charge on any atom is 0.330 e. The Labute approximate surface area is 124 Å². The Kier molecular flexibility index (Phi) is 7.04. The molecule has 0 aliphatic heterocycles. The third-order valence-electron chi connectivity index (χ3n) is 2.51. The Bertz CT molecular complexity index is 525. The molecule has 0 spiro atoms. The molecule has 0 atom stereocenters. The highest BCUT2D eigenvalue weighted by Crippen LogP contribution is 2.49. The van der Waals surface area contributed by atoms with E-state index in [1.807, 2.05) is 5.92 Å². The van der Waals surface area contributed by atoms with Gasteiger partial charge in [0.15, 0.2) is 0 Å². The van der Waals surface area contributed by atoms with E-state index in [1.54, 1.807) is 44.2 Å². The van der Waals surface area contributed by atoms with Gasteiger partial charge in [0, 0.05) is 12.0 Å². The van der Waals surface area contributed by atoms with E-state index in [-0.39, 0.29) is 19.4 Å². The molecule has 0 aliphatic rings. The molecule has 21 heavy (non-hydrogen) atoms. The van der Waals surface area contributed by atoms with Crippen LogP contribution in [0.15, 0.2) is 30.3 Å². The minimum Gasteiger partial charge on any atom is -0.309 e. The van der Waals surface area contributed by atoms with Crippen molar-refractivity contribution in [1.29, 1.82) is 0 Å². The molecule has 0 aromatic heterocycles. The molecule has 0 saturated heterocycles. The topological polar surface area (TPSA) is 35.5 Å². The van der Waals surface area contributed by atoms with E-state index >= 15 is 0 Å². The molecule has 1 rings (SSSR count). The summed E-state index contributed by atoms with van der Waals surface area (Å²) in [6.07, 6.45) is -1.02. The summed E-state index contributed by atoms with van der Waals surface area (Å²) >= 11 is 0. The van der Waals surface area contributed by atoms with Crippen LogP contribution < -0.4 is 0 Å². The Morgan fingerprint density at radius 2 is 1.71 bits per heavy atom. The van der Waals surface area contributed by atoms with Gasteiger partial charge in [0.25, 0.3) is 0 Å². The van der Waals surface area contributed by atoms with Gasteiger partial charge in [0.1, 0.15) is 0 Å². The first kappa shape index (κ1) is 17.8. The monoisotopic (exact) mass is 316 g/mol. The SMILES string of the molecule is CCOP(=O)(CCC(F)(F)C#Cc1ccccc1)OCC. The fourth-order valence-corrected chi connectivity index (χ4v) is 3.26. The van der Waals surface area contributed by atoms with Gasteiger partial charge in [0.2, 0.25) is 0 Å². The average molecular weight is 316 g/mol. The van der Waals surface area contributed by atoms with Crippen LogP contribution in [0, 0.1) is 11.8 Å². The summed E-state index contributed by atoms with van der Waals surface area (Å²) in [6.45, 7) is 3.58. The third kappa shape index (κ3) is 6.86. The van der Waals surface area contributed by atoms with Gasteiger partial charge in [-0.2, -0.15) is 8.78 Å². The lowest BCUT2D eigenvalue weighted by molar-refractivity contribution is 0.0604. The van der Waals surface area contributed by atoms with Crippen LogP contribution in [0.2, 0.25) is 0 Å². The lowest BCUT2D eigenvalue weighted by Crippen LogP contribution is -2.16. The zero-order valence-electron chi connectivity index (χ0n) is 12.1. The summed E-state index contributed by atoms with van der Waals surface area (Å²) in [5.41, 5.74) is 0.509. The van der Waals surface area contributed by atoms with Crippen molar-refractivity contribution in [2.24, 2.45) is 0 Å². The van der Waals surface area contributed by atoms with Gasteiger partial charge in [0.05, 0.1) is 19.4 Å². The molecule has 0 unspecified atom stereocenters. The predicted molar refractivity (Wildman–Crippen MR) is 78.6 cm³/mol. The number of halogens is 2. The summed E-state index contributed by atoms with van der Waals surface area (Å²) in [6, 6.07) is 8.52. The molecule has 3 nitrogen and oxygen atoms in total. The minimum absolute atomic E-state index is 0.151. The Hall–Kier alpha value is -1.21. The van der Waals surface area contributed by atoms with Gasteiger partial charge >= 0.3 is 13.5 Å². The van der Waals surface area contributed by atoms with Crippen LogP contribution in [0.4, 0.5) is 8.78 Å². The van der Waals surface area contributed by atoms with Crippen molar-refractivity contribution in [3.05, 3.63) is 35.9 Å². The highest BCUT2D eigenvalue weighted by atomic mass is 31.2. The van der Waals surface area contributed by atoms with Crippen LogP contribution in [0.1, 0.15) is 25.8 Å². The standard InChI is InChI=1S/C15H19F2O3P/c1-3-19-21(18,20-4-2)13-12-15(16,17)11-10-14-8-6-5-7-9-14/h5-9H,3-4,12-13H2,1-2H3. The predicted octanol–water partition coefficient (Wildman–Crippen LogP) is 4.33. The van der Waals surface area contributed by atoms with E-state index in [9.17, 15) is 13.3 Å². The molecule has 1 aromatic rings. The van der Waals surface area contributed by atoms with Crippen molar-refractivity contribution in [1.82, 2.24) is 0 Å². The molecule has 0 aliphatic carbocycles. The van der Waals surface area contributed by atoms with Crippen molar-refractivity contribution < 1.29 is 22.4 Å². The molecule has 0 amide bonds. The van der Waals surface area contributed by atoms with Gasteiger partial charge in [-0.05, 0) is 31.9 Å². The quantitative estimate of drug-likeness (QED) is 0.555. The number of hydrogen-bond donors (Lipinski definition) is 0. The lowest BCUT2D eigenvalue weighted by atomic mass is 10.2. The van der Waals surface area contributed by atoms with E-state index in [4.69, 9.17) is 9.05 Å². The van der Waals surface area contributed by atoms with E-state index in [2.05, 4.69) is 5.92 Å². The van der Waals surface area contributed by atoms with Gasteiger partial charge in [-0.25, -0.2) is 0 Å². The molecule has 0 fully saturated rings. The largest absolute Gasteiger partial charge is 0.330 e. The normalized spacial score (nSPS) is 11.8. The average Bonchev–Trinajstić information content (AvgIpc) is 2.45. The van der Waals surface area contributed by atoms with E-state index in [0.29, 0.717) is 5.56 Å². The molecule has 0 heterocycles. The maximum atomic E-state index is 13.7. The molecule has 116 valence electrons. The van der Waals surface area contributed by atoms with Crippen molar-refractivity contribution in [3.8, 4) is 11.8 Å². The molecule has 1 aromatic carbocycles. The maximum absolute atomic E-state index is 13.7. The number of alkyl halides is 2. The van der Waals surface area contributed by atoms with Gasteiger partial charge in [-0.15, -0.1) is 0 Å². The fraction of sp³-hybridized carbons (Fsp3) is 0.467. The highest BCUT2D eigenvalue weighted by molar-refractivity contribution is 7.53. The zero-order chi connectivity index (χ0) is 15.8. The first-order valence-electron chi connectivity index (χ1n) is 6.75.